The maximum absolute atomic E-state index is 13.4. The number of allylic oxidation sites excluding steroid dienone is 3. The van der Waals surface area contributed by atoms with Crippen molar-refractivity contribution in [2.75, 3.05) is 7.11 Å². The van der Waals surface area contributed by atoms with Crippen molar-refractivity contribution in [3.8, 4) is 5.75 Å². The van der Waals surface area contributed by atoms with Gasteiger partial charge in [-0.2, -0.15) is 0 Å². The highest BCUT2D eigenvalue weighted by Gasteiger charge is 2.44. The maximum Gasteiger partial charge on any atom is 0.337 e. The Morgan fingerprint density at radius 3 is 2.58 bits per heavy atom. The van der Waals surface area contributed by atoms with Crippen molar-refractivity contribution in [1.29, 1.82) is 0 Å². The summed E-state index contributed by atoms with van der Waals surface area (Å²) in [6.45, 7) is 6.11. The molecule has 3 aliphatic rings. The van der Waals surface area contributed by atoms with E-state index in [9.17, 15) is 9.59 Å². The van der Waals surface area contributed by atoms with Crippen LogP contribution in [0.3, 0.4) is 0 Å². The number of esters is 1. The molecule has 6 heteroatoms. The number of hydrogen-bond donors (Lipinski definition) is 1. The zero-order valence-electron chi connectivity index (χ0n) is 18.6. The molecule has 4 rings (SSSR count). The van der Waals surface area contributed by atoms with Gasteiger partial charge < -0.3 is 14.8 Å². The Kier molecular flexibility index (Phi) is 6.03. The van der Waals surface area contributed by atoms with Gasteiger partial charge in [-0.3, -0.25) is 4.79 Å². The first-order chi connectivity index (χ1) is 14.7. The van der Waals surface area contributed by atoms with Gasteiger partial charge in [0.1, 0.15) is 11.9 Å². The number of dihydropyridines is 1. The Labute approximate surface area is 192 Å². The van der Waals surface area contributed by atoms with Crippen LogP contribution in [-0.2, 0) is 14.3 Å². The van der Waals surface area contributed by atoms with Crippen molar-refractivity contribution in [2.24, 2.45) is 5.41 Å². The molecule has 0 saturated heterocycles. The number of ether oxygens (including phenoxy) is 2. The number of rotatable bonds is 4. The molecule has 0 amide bonds. The molecule has 0 aromatic heterocycles. The van der Waals surface area contributed by atoms with Gasteiger partial charge in [0.05, 0.1) is 18.6 Å². The Morgan fingerprint density at radius 1 is 1.19 bits per heavy atom. The fraction of sp³-hybridized carbons (Fsp3) is 0.520. The van der Waals surface area contributed by atoms with E-state index < -0.39 is 5.92 Å². The van der Waals surface area contributed by atoms with Gasteiger partial charge in [-0.1, -0.05) is 29.8 Å². The SMILES string of the molecule is COc1ccc(Br)cc1C1C(C(=O)OC2CCCC2)=C(C)NC2=C1C(=O)CC(C)(C)C2. The van der Waals surface area contributed by atoms with Crippen molar-refractivity contribution in [3.63, 3.8) is 0 Å². The predicted octanol–water partition coefficient (Wildman–Crippen LogP) is 5.55. The van der Waals surface area contributed by atoms with Crippen LogP contribution >= 0.6 is 15.9 Å². The molecule has 1 atom stereocenters. The molecule has 1 N–H and O–H groups in total. The summed E-state index contributed by atoms with van der Waals surface area (Å²) in [6.07, 6.45) is 5.12. The van der Waals surface area contributed by atoms with Gasteiger partial charge in [0.15, 0.2) is 5.78 Å². The molecular weight excluding hydrogens is 458 g/mol. The third-order valence-corrected chi connectivity index (χ3v) is 7.03. The number of Topliss-reactive ketones (excluding diaryl/α,β-unsaturated/α-hetero) is 1. The topological polar surface area (TPSA) is 64.6 Å². The molecular formula is C25H30BrNO4. The second kappa shape index (κ2) is 8.45. The largest absolute Gasteiger partial charge is 0.496 e. The number of ketones is 1. The van der Waals surface area contributed by atoms with Gasteiger partial charge in [-0.25, -0.2) is 4.79 Å². The summed E-state index contributed by atoms with van der Waals surface area (Å²) in [7, 11) is 1.61. The van der Waals surface area contributed by atoms with E-state index >= 15 is 0 Å². The minimum atomic E-state index is -0.513. The van der Waals surface area contributed by atoms with Crippen LogP contribution in [0.1, 0.15) is 70.8 Å². The van der Waals surface area contributed by atoms with E-state index in [0.717, 1.165) is 53.5 Å². The average Bonchev–Trinajstić information content (AvgIpc) is 3.18. The summed E-state index contributed by atoms with van der Waals surface area (Å²) in [5.74, 6) is -0.127. The zero-order chi connectivity index (χ0) is 22.3. The minimum absolute atomic E-state index is 0.0470. The van der Waals surface area contributed by atoms with Crippen LogP contribution in [0.5, 0.6) is 5.75 Å². The third-order valence-electron chi connectivity index (χ3n) is 6.54. The Bertz CT molecular complexity index is 985. The molecule has 31 heavy (non-hydrogen) atoms. The standard InChI is InChI=1S/C25H30BrNO4/c1-14-21(24(29)31-16-7-5-6-8-16)22(17-11-15(26)9-10-20(17)30-4)23-18(27-14)12-25(2,3)13-19(23)28/h9-11,16,22,27H,5-8,12-13H2,1-4H3. The lowest BCUT2D eigenvalue weighted by atomic mass is 9.68. The minimum Gasteiger partial charge on any atom is -0.496 e. The summed E-state index contributed by atoms with van der Waals surface area (Å²) in [6, 6.07) is 5.72. The number of carbonyl (C=O) groups is 2. The van der Waals surface area contributed by atoms with Gasteiger partial charge in [0.25, 0.3) is 0 Å². The van der Waals surface area contributed by atoms with Crippen LogP contribution in [0.15, 0.2) is 45.2 Å². The molecule has 1 saturated carbocycles. The highest BCUT2D eigenvalue weighted by molar-refractivity contribution is 9.10. The van der Waals surface area contributed by atoms with Gasteiger partial charge >= 0.3 is 5.97 Å². The second-order valence-corrected chi connectivity index (χ2v) is 10.5. The summed E-state index contributed by atoms with van der Waals surface area (Å²) in [5, 5.41) is 3.40. The van der Waals surface area contributed by atoms with Gasteiger partial charge in [-0.15, -0.1) is 0 Å². The van der Waals surface area contributed by atoms with E-state index in [-0.39, 0.29) is 23.3 Å². The first-order valence-corrected chi connectivity index (χ1v) is 11.8. The lowest BCUT2D eigenvalue weighted by molar-refractivity contribution is -0.144. The molecule has 166 valence electrons. The van der Waals surface area contributed by atoms with Crippen LogP contribution in [0.4, 0.5) is 0 Å². The van der Waals surface area contributed by atoms with Crippen molar-refractivity contribution in [3.05, 3.63) is 50.8 Å². The van der Waals surface area contributed by atoms with Gasteiger partial charge in [0, 0.05) is 33.4 Å². The van der Waals surface area contributed by atoms with Crippen LogP contribution in [0.25, 0.3) is 0 Å². The predicted molar refractivity (Wildman–Crippen MR) is 123 cm³/mol. The van der Waals surface area contributed by atoms with E-state index in [1.165, 1.54) is 0 Å². The first kappa shape index (κ1) is 22.1. The Hall–Kier alpha value is -2.08. The number of hydrogen-bond acceptors (Lipinski definition) is 5. The molecule has 1 aliphatic heterocycles. The molecule has 1 aromatic rings. The van der Waals surface area contributed by atoms with Crippen molar-refractivity contribution in [2.45, 2.75) is 71.3 Å². The van der Waals surface area contributed by atoms with Crippen molar-refractivity contribution in [1.82, 2.24) is 5.32 Å². The summed E-state index contributed by atoms with van der Waals surface area (Å²) >= 11 is 3.55. The zero-order valence-corrected chi connectivity index (χ0v) is 20.2. The van der Waals surface area contributed by atoms with E-state index in [2.05, 4.69) is 35.1 Å². The number of nitrogens with one attached hydrogen (secondary N) is 1. The molecule has 2 aliphatic carbocycles. The van der Waals surface area contributed by atoms with Crippen LogP contribution < -0.4 is 10.1 Å². The smallest absolute Gasteiger partial charge is 0.337 e. The van der Waals surface area contributed by atoms with Gasteiger partial charge in [0.2, 0.25) is 0 Å². The summed E-state index contributed by atoms with van der Waals surface area (Å²) in [5.41, 5.74) is 3.51. The van der Waals surface area contributed by atoms with E-state index in [1.807, 2.05) is 25.1 Å². The van der Waals surface area contributed by atoms with Crippen molar-refractivity contribution < 1.29 is 19.1 Å². The molecule has 1 heterocycles. The quantitative estimate of drug-likeness (QED) is 0.564. The molecule has 1 fully saturated rings. The lowest BCUT2D eigenvalue weighted by Gasteiger charge is -2.39. The monoisotopic (exact) mass is 487 g/mol. The molecule has 5 nitrogen and oxygen atoms in total. The number of methoxy groups -OCH3 is 1. The number of halogens is 1. The Morgan fingerprint density at radius 2 is 1.90 bits per heavy atom. The number of benzene rings is 1. The third kappa shape index (κ3) is 4.32. The van der Waals surface area contributed by atoms with Crippen LogP contribution in [0.2, 0.25) is 0 Å². The maximum atomic E-state index is 13.4. The highest BCUT2D eigenvalue weighted by atomic mass is 79.9. The fourth-order valence-electron chi connectivity index (χ4n) is 5.17. The normalized spacial score (nSPS) is 23.5. The van der Waals surface area contributed by atoms with Crippen molar-refractivity contribution >= 4 is 27.7 Å². The van der Waals surface area contributed by atoms with Crippen LogP contribution in [-0.4, -0.2) is 25.0 Å². The molecule has 0 radical (unpaired) electrons. The molecule has 1 aromatic carbocycles. The highest BCUT2D eigenvalue weighted by Crippen LogP contribution is 2.49. The molecule has 0 bridgehead atoms. The second-order valence-electron chi connectivity index (χ2n) is 9.63. The van der Waals surface area contributed by atoms with E-state index in [4.69, 9.17) is 9.47 Å². The Balaban J connectivity index is 1.85. The average molecular weight is 488 g/mol. The number of carbonyl (C=O) groups excluding carboxylic acids is 2. The summed E-state index contributed by atoms with van der Waals surface area (Å²) < 4.78 is 12.4. The van der Waals surface area contributed by atoms with E-state index in [0.29, 0.717) is 23.3 Å². The first-order valence-electron chi connectivity index (χ1n) is 11.0. The molecule has 1 unspecified atom stereocenters. The van der Waals surface area contributed by atoms with E-state index in [1.54, 1.807) is 7.11 Å². The summed E-state index contributed by atoms with van der Waals surface area (Å²) in [4.78, 5) is 26.8. The van der Waals surface area contributed by atoms with Gasteiger partial charge in [-0.05, 0) is 62.6 Å². The van der Waals surface area contributed by atoms with Crippen LogP contribution in [0, 0.1) is 5.41 Å². The molecule has 0 spiro atoms. The lowest BCUT2D eigenvalue weighted by Crippen LogP contribution is -2.39. The fourth-order valence-corrected chi connectivity index (χ4v) is 5.55.